The molecule has 21 heavy (non-hydrogen) atoms. The van der Waals surface area contributed by atoms with Gasteiger partial charge in [0.05, 0.1) is 0 Å². The minimum Gasteiger partial charge on any atom is -0.120 e. The molecule has 0 bridgehead atoms. The molecule has 1 saturated carbocycles. The molecule has 0 N–H and O–H groups in total. The summed E-state index contributed by atoms with van der Waals surface area (Å²) in [5.41, 5.74) is 5.76. The Labute approximate surface area is 130 Å². The Balaban J connectivity index is 2.33. The highest BCUT2D eigenvalue weighted by Gasteiger charge is 2.43. The van der Waals surface area contributed by atoms with Crippen molar-refractivity contribution >= 4 is 5.57 Å². The Morgan fingerprint density at radius 1 is 1.38 bits per heavy atom. The molecule has 0 amide bonds. The zero-order chi connectivity index (χ0) is 15.3. The Morgan fingerprint density at radius 3 is 2.67 bits per heavy atom. The summed E-state index contributed by atoms with van der Waals surface area (Å²) >= 11 is 0. The van der Waals surface area contributed by atoms with Crippen LogP contribution in [0.15, 0.2) is 36.4 Å². The smallest absolute Gasteiger partial charge is 0.0183 e. The molecule has 0 aliphatic heterocycles. The molecule has 1 aliphatic rings. The van der Waals surface area contributed by atoms with E-state index in [0.717, 1.165) is 12.8 Å². The predicted octanol–water partition coefficient (Wildman–Crippen LogP) is 5.81. The number of terminal acetylenes is 1. The second-order valence-electron chi connectivity index (χ2n) is 6.14. The van der Waals surface area contributed by atoms with Gasteiger partial charge in [-0.15, -0.1) is 12.3 Å². The Bertz CT molecular complexity index is 589. The Kier molecular flexibility index (Phi) is 5.07. The van der Waals surface area contributed by atoms with E-state index in [9.17, 15) is 0 Å². The van der Waals surface area contributed by atoms with E-state index in [1.54, 1.807) is 0 Å². The van der Waals surface area contributed by atoms with Gasteiger partial charge in [-0.3, -0.25) is 0 Å². The van der Waals surface area contributed by atoms with Crippen LogP contribution in [0, 0.1) is 19.3 Å². The molecule has 1 aromatic carbocycles. The van der Waals surface area contributed by atoms with Crippen LogP contribution in [-0.4, -0.2) is 0 Å². The molecule has 0 nitrogen and oxygen atoms in total. The first kappa shape index (κ1) is 15.6. The summed E-state index contributed by atoms with van der Waals surface area (Å²) in [6, 6.07) is 6.92. The third-order valence-corrected chi connectivity index (χ3v) is 4.44. The lowest BCUT2D eigenvalue weighted by Crippen LogP contribution is -2.06. The zero-order valence-electron chi connectivity index (χ0n) is 13.6. The van der Waals surface area contributed by atoms with Crippen LogP contribution in [0.25, 0.3) is 5.57 Å². The first-order valence-electron chi connectivity index (χ1n) is 8.04. The summed E-state index contributed by atoms with van der Waals surface area (Å²) in [4.78, 5) is 0. The van der Waals surface area contributed by atoms with E-state index >= 15 is 0 Å². The van der Waals surface area contributed by atoms with Gasteiger partial charge < -0.3 is 0 Å². The molecule has 0 aromatic heterocycles. The van der Waals surface area contributed by atoms with Crippen molar-refractivity contribution in [1.29, 1.82) is 0 Å². The van der Waals surface area contributed by atoms with Gasteiger partial charge in [0.15, 0.2) is 0 Å². The van der Waals surface area contributed by atoms with Gasteiger partial charge in [-0.1, -0.05) is 49.8 Å². The maximum absolute atomic E-state index is 5.53. The highest BCUT2D eigenvalue weighted by molar-refractivity contribution is 5.76. The van der Waals surface area contributed by atoms with E-state index in [4.69, 9.17) is 6.42 Å². The van der Waals surface area contributed by atoms with Crippen LogP contribution >= 0.6 is 0 Å². The minimum absolute atomic E-state index is 0.284. The number of aryl methyl sites for hydroxylation is 1. The number of benzene rings is 1. The maximum Gasteiger partial charge on any atom is 0.0183 e. The van der Waals surface area contributed by atoms with E-state index in [1.165, 1.54) is 41.5 Å². The largest absolute Gasteiger partial charge is 0.120 e. The molecule has 0 heteroatoms. The summed E-state index contributed by atoms with van der Waals surface area (Å²) in [7, 11) is 0. The van der Waals surface area contributed by atoms with Crippen LogP contribution in [0.1, 0.15) is 62.6 Å². The van der Waals surface area contributed by atoms with Crippen molar-refractivity contribution in [3.05, 3.63) is 53.1 Å². The Hall–Kier alpha value is -1.74. The molecule has 0 spiro atoms. The highest BCUT2D eigenvalue weighted by Crippen LogP contribution is 2.51. The molecule has 0 saturated heterocycles. The van der Waals surface area contributed by atoms with Crippen LogP contribution in [-0.2, 0) is 5.41 Å². The molecule has 1 fully saturated rings. The van der Waals surface area contributed by atoms with E-state index in [-0.39, 0.29) is 5.41 Å². The molecule has 0 atom stereocenters. The van der Waals surface area contributed by atoms with Crippen molar-refractivity contribution in [1.82, 2.24) is 0 Å². The van der Waals surface area contributed by atoms with Crippen LogP contribution in [0.5, 0.6) is 0 Å². The second kappa shape index (κ2) is 6.81. The maximum atomic E-state index is 5.53. The van der Waals surface area contributed by atoms with Gasteiger partial charge in [0.2, 0.25) is 0 Å². The number of rotatable bonds is 6. The number of hydrogen-bond donors (Lipinski definition) is 0. The topological polar surface area (TPSA) is 0 Å². The van der Waals surface area contributed by atoms with Gasteiger partial charge >= 0.3 is 0 Å². The standard InChI is InChI=1S/C21H26/c1-5-8-10-18(9-6-2)20-12-11-19(16-17(20)4)21(13-7-3)14-15-21/h3,6,9-12,16H,5,8,13-15H2,1-2,4H3/b9-6?,18-10+. The molecular weight excluding hydrogens is 252 g/mol. The SMILES string of the molecule is C#CCC1(c2ccc(/C(C=CC)=C/CCC)c(C)c2)CC1. The fourth-order valence-corrected chi connectivity index (χ4v) is 2.98. The average molecular weight is 278 g/mol. The third kappa shape index (κ3) is 3.48. The van der Waals surface area contributed by atoms with Gasteiger partial charge in [-0.2, -0.15) is 0 Å². The number of unbranched alkanes of at least 4 members (excludes halogenated alkanes) is 1. The van der Waals surface area contributed by atoms with Crippen LogP contribution < -0.4 is 0 Å². The summed E-state index contributed by atoms with van der Waals surface area (Å²) in [6.45, 7) is 6.51. The first-order chi connectivity index (χ1) is 10.2. The van der Waals surface area contributed by atoms with Gasteiger partial charge in [-0.05, 0) is 55.4 Å². The molecule has 110 valence electrons. The normalized spacial score (nSPS) is 17.0. The van der Waals surface area contributed by atoms with Crippen molar-refractivity contribution in [2.45, 2.75) is 58.3 Å². The lowest BCUT2D eigenvalue weighted by Gasteiger charge is -2.16. The van der Waals surface area contributed by atoms with Crippen molar-refractivity contribution in [3.63, 3.8) is 0 Å². The van der Waals surface area contributed by atoms with Crippen molar-refractivity contribution in [2.24, 2.45) is 0 Å². The third-order valence-electron chi connectivity index (χ3n) is 4.44. The number of hydrogen-bond acceptors (Lipinski definition) is 0. The summed E-state index contributed by atoms with van der Waals surface area (Å²) in [5, 5.41) is 0. The average Bonchev–Trinajstić information content (AvgIpc) is 3.25. The van der Waals surface area contributed by atoms with Crippen LogP contribution in [0.3, 0.4) is 0 Å². The molecular formula is C21H26. The van der Waals surface area contributed by atoms with Crippen LogP contribution in [0.4, 0.5) is 0 Å². The van der Waals surface area contributed by atoms with E-state index in [1.807, 2.05) is 0 Å². The predicted molar refractivity (Wildman–Crippen MR) is 93.2 cm³/mol. The molecule has 1 aromatic rings. The quantitative estimate of drug-likeness (QED) is 0.455. The summed E-state index contributed by atoms with van der Waals surface area (Å²) in [6.07, 6.45) is 17.9. The lowest BCUT2D eigenvalue weighted by molar-refractivity contribution is 0.719. The fourth-order valence-electron chi connectivity index (χ4n) is 2.98. The van der Waals surface area contributed by atoms with Gasteiger partial charge in [0.1, 0.15) is 0 Å². The van der Waals surface area contributed by atoms with Gasteiger partial charge in [-0.25, -0.2) is 0 Å². The van der Waals surface area contributed by atoms with Crippen LogP contribution in [0.2, 0.25) is 0 Å². The zero-order valence-corrected chi connectivity index (χ0v) is 13.6. The summed E-state index contributed by atoms with van der Waals surface area (Å²) < 4.78 is 0. The molecule has 1 aliphatic carbocycles. The first-order valence-corrected chi connectivity index (χ1v) is 8.04. The molecule has 0 unspecified atom stereocenters. The van der Waals surface area contributed by atoms with Gasteiger partial charge in [0, 0.05) is 11.8 Å². The minimum atomic E-state index is 0.284. The summed E-state index contributed by atoms with van der Waals surface area (Å²) in [5.74, 6) is 2.85. The van der Waals surface area contributed by atoms with Crippen molar-refractivity contribution in [3.8, 4) is 12.3 Å². The second-order valence-corrected chi connectivity index (χ2v) is 6.14. The molecule has 0 heterocycles. The monoisotopic (exact) mass is 278 g/mol. The van der Waals surface area contributed by atoms with E-state index < -0.39 is 0 Å². The number of allylic oxidation sites excluding steroid dienone is 4. The van der Waals surface area contributed by atoms with Crippen molar-refractivity contribution in [2.75, 3.05) is 0 Å². The molecule has 2 rings (SSSR count). The fraction of sp³-hybridized carbons (Fsp3) is 0.429. The van der Waals surface area contributed by atoms with Crippen molar-refractivity contribution < 1.29 is 0 Å². The Morgan fingerprint density at radius 2 is 2.14 bits per heavy atom. The molecule has 0 radical (unpaired) electrons. The lowest BCUT2D eigenvalue weighted by atomic mass is 9.88. The van der Waals surface area contributed by atoms with E-state index in [2.05, 4.69) is 63.1 Å². The van der Waals surface area contributed by atoms with Gasteiger partial charge in [0.25, 0.3) is 0 Å². The van der Waals surface area contributed by atoms with E-state index in [0.29, 0.717) is 0 Å². The highest BCUT2D eigenvalue weighted by atomic mass is 14.5.